The summed E-state index contributed by atoms with van der Waals surface area (Å²) in [5.41, 5.74) is 1.74. The number of hydrogen-bond donors (Lipinski definition) is 0. The lowest BCUT2D eigenvalue weighted by molar-refractivity contribution is -0.777. The van der Waals surface area contributed by atoms with Crippen LogP contribution in [0.5, 0.6) is 0 Å². The van der Waals surface area contributed by atoms with Gasteiger partial charge in [-0.3, -0.25) is 5.04 Å². The molecule has 10 nitrogen and oxygen atoms in total. The Morgan fingerprint density at radius 3 is 2.06 bits per heavy atom. The Kier molecular flexibility index (Phi) is 6.83. The van der Waals surface area contributed by atoms with Gasteiger partial charge in [0.1, 0.15) is 10.1 Å². The SMILES string of the molecule is CCn1/c(=N/N=c2\sc3cc(S(=O)(=O)[O-])ccc3n2CC)sc2cc(SOO[O-])ccc21. The molecule has 2 aromatic carbocycles. The zero-order valence-electron chi connectivity index (χ0n) is 16.7. The first-order valence-corrected chi connectivity index (χ1v) is 13.1. The lowest BCUT2D eigenvalue weighted by Gasteiger charge is -2.06. The maximum Gasteiger partial charge on any atom is 0.211 e. The van der Waals surface area contributed by atoms with Crippen LogP contribution in [0, 0.1) is 0 Å². The third-order valence-electron chi connectivity index (χ3n) is 4.61. The molecule has 4 aromatic rings. The Morgan fingerprint density at radius 2 is 1.53 bits per heavy atom. The van der Waals surface area contributed by atoms with E-state index in [1.165, 1.54) is 34.8 Å². The molecular weight excluding hydrogens is 496 g/mol. The van der Waals surface area contributed by atoms with Gasteiger partial charge >= 0.3 is 0 Å². The van der Waals surface area contributed by atoms with Crippen LogP contribution in [0.1, 0.15) is 13.8 Å². The molecule has 0 bridgehead atoms. The molecule has 0 N–H and O–H groups in total. The van der Waals surface area contributed by atoms with Gasteiger partial charge in [-0.25, -0.2) is 8.42 Å². The first kappa shape index (κ1) is 23.1. The average Bonchev–Trinajstić information content (AvgIpc) is 3.31. The summed E-state index contributed by atoms with van der Waals surface area (Å²) in [6, 6.07) is 9.86. The smallest absolute Gasteiger partial charge is 0.211 e. The van der Waals surface area contributed by atoms with Crippen molar-refractivity contribution in [3.63, 3.8) is 0 Å². The van der Waals surface area contributed by atoms with Gasteiger partial charge in [-0.15, -0.1) is 10.2 Å². The minimum atomic E-state index is -4.54. The van der Waals surface area contributed by atoms with E-state index in [9.17, 15) is 18.2 Å². The van der Waals surface area contributed by atoms with E-state index in [1.54, 1.807) is 6.07 Å². The van der Waals surface area contributed by atoms with Crippen molar-refractivity contribution in [3.8, 4) is 0 Å². The van der Waals surface area contributed by atoms with E-state index >= 15 is 0 Å². The molecular formula is C18H16N4O6S4-2. The van der Waals surface area contributed by atoms with Crippen molar-refractivity contribution in [1.29, 1.82) is 0 Å². The molecule has 0 spiro atoms. The lowest BCUT2D eigenvalue weighted by atomic mass is 10.3. The molecule has 0 saturated carbocycles. The highest BCUT2D eigenvalue weighted by Crippen LogP contribution is 2.26. The highest BCUT2D eigenvalue weighted by atomic mass is 32.2. The number of aryl methyl sites for hydroxylation is 2. The molecule has 0 saturated heterocycles. The van der Waals surface area contributed by atoms with Gasteiger partial charge in [0, 0.05) is 18.0 Å². The van der Waals surface area contributed by atoms with Crippen LogP contribution in [0.2, 0.25) is 0 Å². The fourth-order valence-electron chi connectivity index (χ4n) is 3.22. The molecule has 0 aliphatic rings. The van der Waals surface area contributed by atoms with Gasteiger partial charge in [0.05, 0.1) is 37.4 Å². The zero-order chi connectivity index (χ0) is 22.9. The lowest BCUT2D eigenvalue weighted by Crippen LogP contribution is -2.16. The summed E-state index contributed by atoms with van der Waals surface area (Å²) in [4.78, 5) is 1.69. The van der Waals surface area contributed by atoms with Crippen molar-refractivity contribution in [1.82, 2.24) is 9.13 Å². The van der Waals surface area contributed by atoms with E-state index in [4.69, 9.17) is 0 Å². The largest absolute Gasteiger partial charge is 0.744 e. The van der Waals surface area contributed by atoms with Gasteiger partial charge in [0.25, 0.3) is 0 Å². The molecule has 32 heavy (non-hydrogen) atoms. The number of thiazole rings is 2. The van der Waals surface area contributed by atoms with Gasteiger partial charge < -0.3 is 18.9 Å². The van der Waals surface area contributed by atoms with Gasteiger partial charge in [0.2, 0.25) is 9.60 Å². The Hall–Kier alpha value is -2.04. The van der Waals surface area contributed by atoms with Gasteiger partial charge in [-0.1, -0.05) is 22.7 Å². The summed E-state index contributed by atoms with van der Waals surface area (Å²) in [6.07, 6.45) is 0. The first-order valence-electron chi connectivity index (χ1n) is 9.29. The second-order valence-corrected chi connectivity index (χ2v) is 10.6. The topological polar surface area (TPSA) is 133 Å². The van der Waals surface area contributed by atoms with Crippen molar-refractivity contribution in [3.05, 3.63) is 46.0 Å². The fraction of sp³-hybridized carbons (Fsp3) is 0.222. The molecule has 2 aromatic heterocycles. The van der Waals surface area contributed by atoms with Crippen molar-refractivity contribution in [2.45, 2.75) is 36.7 Å². The predicted octanol–water partition coefficient (Wildman–Crippen LogP) is 2.31. The predicted molar refractivity (Wildman–Crippen MR) is 118 cm³/mol. The number of benzene rings is 2. The second kappa shape index (κ2) is 9.44. The molecule has 2 heterocycles. The molecule has 170 valence electrons. The Labute approximate surface area is 194 Å². The number of aromatic nitrogens is 2. The molecule has 0 aliphatic heterocycles. The van der Waals surface area contributed by atoms with Crippen LogP contribution in [0.4, 0.5) is 0 Å². The Bertz CT molecular complexity index is 1530. The summed E-state index contributed by atoms with van der Waals surface area (Å²) in [6.45, 7) is 5.22. The summed E-state index contributed by atoms with van der Waals surface area (Å²) < 4.78 is 43.9. The van der Waals surface area contributed by atoms with Crippen molar-refractivity contribution in [2.75, 3.05) is 0 Å². The molecule has 0 radical (unpaired) electrons. The minimum absolute atomic E-state index is 0.272. The standard InChI is InChI=1S/C18H18N4O6S4/c1-3-21-13-7-5-11(31-28-27-23)9-15(13)29-17(21)19-20-18-22(4-2)14-8-6-12(32(24,25)26)10-16(14)30-18/h5-10,23H,3-4H2,1-2H3,(H,24,25,26)/p-2/b19-17-,20-18-. The van der Waals surface area contributed by atoms with E-state index in [1.807, 2.05) is 41.2 Å². The number of hydrogen-bond acceptors (Lipinski definition) is 11. The average molecular weight is 513 g/mol. The van der Waals surface area contributed by atoms with Gasteiger partial charge in [-0.2, -0.15) is 4.33 Å². The van der Waals surface area contributed by atoms with E-state index < -0.39 is 10.1 Å². The third kappa shape index (κ3) is 4.53. The van der Waals surface area contributed by atoms with Crippen LogP contribution < -0.4 is 14.9 Å². The molecule has 0 amide bonds. The molecule has 0 unspecified atom stereocenters. The van der Waals surface area contributed by atoms with Crippen molar-refractivity contribution < 1.29 is 27.6 Å². The van der Waals surface area contributed by atoms with Crippen LogP contribution in [0.15, 0.2) is 56.4 Å². The fourth-order valence-corrected chi connectivity index (χ4v) is 6.43. The summed E-state index contributed by atoms with van der Waals surface area (Å²) in [5.74, 6) is 0. The quantitative estimate of drug-likeness (QED) is 0.161. The van der Waals surface area contributed by atoms with Gasteiger partial charge in [-0.05, 0) is 50.2 Å². The molecule has 0 atom stereocenters. The van der Waals surface area contributed by atoms with E-state index in [-0.39, 0.29) is 4.90 Å². The zero-order valence-corrected chi connectivity index (χ0v) is 20.0. The minimum Gasteiger partial charge on any atom is -0.744 e. The maximum absolute atomic E-state index is 11.4. The molecule has 0 aliphatic carbocycles. The van der Waals surface area contributed by atoms with E-state index in [0.717, 1.165) is 27.8 Å². The number of fused-ring (bicyclic) bond motifs is 2. The number of nitrogens with zero attached hydrogens (tertiary/aromatic N) is 4. The van der Waals surface area contributed by atoms with Crippen molar-refractivity contribution >= 4 is 65.3 Å². The Balaban J connectivity index is 1.85. The third-order valence-corrected chi connectivity index (χ3v) is 8.07. The van der Waals surface area contributed by atoms with Crippen LogP contribution in [-0.2, 0) is 32.6 Å². The summed E-state index contributed by atoms with van der Waals surface area (Å²) >= 11 is 3.51. The summed E-state index contributed by atoms with van der Waals surface area (Å²) in [7, 11) is -4.54. The first-order chi connectivity index (χ1) is 15.4. The highest BCUT2D eigenvalue weighted by molar-refractivity contribution is 7.94. The van der Waals surface area contributed by atoms with E-state index in [2.05, 4.69) is 19.6 Å². The second-order valence-electron chi connectivity index (χ2n) is 6.39. The van der Waals surface area contributed by atoms with Crippen LogP contribution in [0.3, 0.4) is 0 Å². The normalized spacial score (nSPS) is 13.6. The van der Waals surface area contributed by atoms with Crippen molar-refractivity contribution in [2.24, 2.45) is 10.2 Å². The van der Waals surface area contributed by atoms with Crippen LogP contribution >= 0.6 is 34.7 Å². The molecule has 4 rings (SSSR count). The molecule has 14 heteroatoms. The van der Waals surface area contributed by atoms with Crippen LogP contribution in [0.25, 0.3) is 20.4 Å². The van der Waals surface area contributed by atoms with E-state index in [0.29, 0.717) is 32.3 Å². The molecule has 0 fully saturated rings. The van der Waals surface area contributed by atoms with Crippen LogP contribution in [-0.4, -0.2) is 22.1 Å². The van der Waals surface area contributed by atoms with Gasteiger partial charge in [0.15, 0.2) is 0 Å². The summed E-state index contributed by atoms with van der Waals surface area (Å²) in [5, 5.41) is 22.3. The number of rotatable bonds is 7. The highest BCUT2D eigenvalue weighted by Gasteiger charge is 2.10. The monoisotopic (exact) mass is 512 g/mol. The maximum atomic E-state index is 11.4. The Morgan fingerprint density at radius 1 is 0.969 bits per heavy atom.